The summed E-state index contributed by atoms with van der Waals surface area (Å²) in [6.07, 6.45) is 2.87. The van der Waals surface area contributed by atoms with Crippen molar-refractivity contribution in [1.82, 2.24) is 0 Å². The molecule has 0 saturated heterocycles. The van der Waals surface area contributed by atoms with Crippen molar-refractivity contribution in [2.75, 3.05) is 0 Å². The predicted molar refractivity (Wildman–Crippen MR) is 48.5 cm³/mol. The maximum atomic E-state index is 11.0. The molecule has 0 fully saturated rings. The quantitative estimate of drug-likeness (QED) is 0.624. The Balaban J connectivity index is 2.47. The third-order valence-electron chi connectivity index (χ3n) is 1.89. The number of aliphatic hydroxyl groups is 1. The maximum absolute atomic E-state index is 11.0. The third-order valence-corrected chi connectivity index (χ3v) is 1.89. The number of rotatable bonds is 1. The van der Waals surface area contributed by atoms with E-state index in [9.17, 15) is 9.90 Å². The van der Waals surface area contributed by atoms with Crippen molar-refractivity contribution in [2.24, 2.45) is 15.2 Å². The average Bonchev–Trinajstić information content (AvgIpc) is 2.52. The summed E-state index contributed by atoms with van der Waals surface area (Å²) in [6, 6.07) is -0.317. The van der Waals surface area contributed by atoms with Gasteiger partial charge in [-0.05, 0) is 6.92 Å². The molecule has 2 aliphatic heterocycles. The van der Waals surface area contributed by atoms with Gasteiger partial charge in [-0.25, -0.2) is 0 Å². The topological polar surface area (TPSA) is 74.4 Å². The van der Waals surface area contributed by atoms with Crippen LogP contribution in [0.1, 0.15) is 6.92 Å². The summed E-state index contributed by atoms with van der Waals surface area (Å²) in [5, 5.41) is 16.9. The number of ketones is 1. The summed E-state index contributed by atoms with van der Waals surface area (Å²) in [6.45, 7) is 1.37. The molecular weight excluding hydrogens is 170 g/mol. The Kier molecular flexibility index (Phi) is 1.58. The Bertz CT molecular complexity index is 390. The molecule has 66 valence electrons. The highest BCUT2D eigenvalue weighted by molar-refractivity contribution is 6.25. The molecule has 5 heteroatoms. The van der Waals surface area contributed by atoms with E-state index >= 15 is 0 Å². The smallest absolute Gasteiger partial charge is 0.165 e. The van der Waals surface area contributed by atoms with Gasteiger partial charge in [0.15, 0.2) is 11.5 Å². The highest BCUT2D eigenvalue weighted by atomic mass is 16.3. The predicted octanol–water partition coefficient (Wildman–Crippen LogP) is 0.281. The number of hydrogen-bond acceptors (Lipinski definition) is 5. The SMILES string of the molecule is CC(=O)C1=C(O)C2=NN=CC2N=C1. The summed E-state index contributed by atoms with van der Waals surface area (Å²) in [5.41, 5.74) is 0.549. The molecule has 1 atom stereocenters. The van der Waals surface area contributed by atoms with Crippen molar-refractivity contribution in [3.63, 3.8) is 0 Å². The molecule has 2 heterocycles. The van der Waals surface area contributed by atoms with E-state index in [1.54, 1.807) is 0 Å². The van der Waals surface area contributed by atoms with Crippen LogP contribution >= 0.6 is 0 Å². The van der Waals surface area contributed by atoms with E-state index in [1.807, 2.05) is 0 Å². The fourth-order valence-electron chi connectivity index (χ4n) is 1.20. The van der Waals surface area contributed by atoms with Crippen LogP contribution in [-0.4, -0.2) is 35.1 Å². The first kappa shape index (κ1) is 7.85. The minimum absolute atomic E-state index is 0.106. The first-order chi connectivity index (χ1) is 6.20. The second-order valence-corrected chi connectivity index (χ2v) is 2.79. The number of carbonyl (C=O) groups is 1. The van der Waals surface area contributed by atoms with Gasteiger partial charge in [-0.1, -0.05) is 0 Å². The number of aliphatic imine (C=N–C) groups is 1. The van der Waals surface area contributed by atoms with Crippen LogP contribution in [0.4, 0.5) is 0 Å². The zero-order valence-corrected chi connectivity index (χ0v) is 6.93. The van der Waals surface area contributed by atoms with Crippen LogP contribution in [0.15, 0.2) is 26.5 Å². The molecule has 2 aliphatic rings. The Morgan fingerprint density at radius 3 is 3.08 bits per heavy atom. The Hall–Kier alpha value is -1.78. The van der Waals surface area contributed by atoms with Crippen molar-refractivity contribution in [3.8, 4) is 0 Å². The van der Waals surface area contributed by atoms with Gasteiger partial charge in [0, 0.05) is 6.21 Å². The summed E-state index contributed by atoms with van der Waals surface area (Å²) in [4.78, 5) is 15.0. The van der Waals surface area contributed by atoms with Crippen LogP contribution in [0.5, 0.6) is 0 Å². The molecule has 0 radical (unpaired) electrons. The zero-order valence-electron chi connectivity index (χ0n) is 6.93. The van der Waals surface area contributed by atoms with Crippen LogP contribution in [-0.2, 0) is 4.79 Å². The van der Waals surface area contributed by atoms with Crippen molar-refractivity contribution in [2.45, 2.75) is 13.0 Å². The maximum Gasteiger partial charge on any atom is 0.165 e. The summed E-state index contributed by atoms with van der Waals surface area (Å²) in [5.74, 6) is -0.334. The first-order valence-electron chi connectivity index (χ1n) is 3.79. The number of Topliss-reactive ketones (excluding diaryl/α,β-unsaturated/α-hetero) is 1. The van der Waals surface area contributed by atoms with Gasteiger partial charge >= 0.3 is 0 Å². The molecule has 0 aromatic carbocycles. The van der Waals surface area contributed by atoms with Crippen molar-refractivity contribution >= 4 is 23.9 Å². The molecule has 0 aromatic rings. The fourth-order valence-corrected chi connectivity index (χ4v) is 1.20. The Morgan fingerprint density at radius 1 is 1.62 bits per heavy atom. The molecule has 1 unspecified atom stereocenters. The molecule has 0 aliphatic carbocycles. The van der Waals surface area contributed by atoms with E-state index in [-0.39, 0.29) is 23.2 Å². The van der Waals surface area contributed by atoms with Gasteiger partial charge in [-0.2, -0.15) is 5.10 Å². The molecule has 13 heavy (non-hydrogen) atoms. The highest BCUT2D eigenvalue weighted by Gasteiger charge is 2.28. The number of hydrogen-bond donors (Lipinski definition) is 1. The molecule has 0 amide bonds. The molecule has 0 bridgehead atoms. The van der Waals surface area contributed by atoms with E-state index in [4.69, 9.17) is 0 Å². The monoisotopic (exact) mass is 177 g/mol. The summed E-state index contributed by atoms with van der Waals surface area (Å²) >= 11 is 0. The highest BCUT2D eigenvalue weighted by Crippen LogP contribution is 2.16. The Labute approximate surface area is 74.2 Å². The van der Waals surface area contributed by atoms with Gasteiger partial charge < -0.3 is 5.11 Å². The van der Waals surface area contributed by atoms with Gasteiger partial charge in [0.05, 0.1) is 11.8 Å². The molecule has 5 nitrogen and oxygen atoms in total. The van der Waals surface area contributed by atoms with Crippen LogP contribution in [0.3, 0.4) is 0 Å². The number of fused-ring (bicyclic) bond motifs is 1. The van der Waals surface area contributed by atoms with E-state index in [1.165, 1.54) is 19.4 Å². The standard InChI is InChI=1S/C8H7N3O2/c1-4(12)5-2-9-6-3-10-11-7(6)8(5)13/h2-3,6,13H,1H3. The molecular formula is C8H7N3O2. The van der Waals surface area contributed by atoms with E-state index < -0.39 is 0 Å². The van der Waals surface area contributed by atoms with Crippen LogP contribution in [0.25, 0.3) is 0 Å². The Morgan fingerprint density at radius 2 is 2.38 bits per heavy atom. The second-order valence-electron chi connectivity index (χ2n) is 2.79. The summed E-state index contributed by atoms with van der Waals surface area (Å²) < 4.78 is 0. The van der Waals surface area contributed by atoms with E-state index in [0.717, 1.165) is 0 Å². The normalized spacial score (nSPS) is 24.7. The number of carbonyl (C=O) groups excluding carboxylic acids is 1. The zero-order chi connectivity index (χ0) is 9.42. The molecule has 0 saturated carbocycles. The van der Waals surface area contributed by atoms with Crippen LogP contribution < -0.4 is 0 Å². The van der Waals surface area contributed by atoms with Gasteiger partial charge in [-0.3, -0.25) is 9.79 Å². The van der Waals surface area contributed by atoms with Gasteiger partial charge in [0.25, 0.3) is 0 Å². The van der Waals surface area contributed by atoms with Crippen LogP contribution in [0.2, 0.25) is 0 Å². The number of allylic oxidation sites excluding steroid dienone is 1. The van der Waals surface area contributed by atoms with Crippen molar-refractivity contribution in [3.05, 3.63) is 11.3 Å². The lowest BCUT2D eigenvalue weighted by Crippen LogP contribution is -2.26. The molecule has 2 rings (SSSR count). The molecule has 0 spiro atoms. The largest absolute Gasteiger partial charge is 0.505 e. The fraction of sp³-hybridized carbons (Fsp3) is 0.250. The van der Waals surface area contributed by atoms with Crippen molar-refractivity contribution in [1.29, 1.82) is 0 Å². The minimum Gasteiger partial charge on any atom is -0.505 e. The van der Waals surface area contributed by atoms with Gasteiger partial charge in [-0.15, -0.1) is 5.10 Å². The van der Waals surface area contributed by atoms with Gasteiger partial charge in [0.1, 0.15) is 11.8 Å². The second kappa shape index (κ2) is 2.62. The lowest BCUT2D eigenvalue weighted by atomic mass is 10.0. The number of aliphatic hydroxyl groups excluding tert-OH is 1. The summed E-state index contributed by atoms with van der Waals surface area (Å²) in [7, 11) is 0. The third kappa shape index (κ3) is 1.09. The minimum atomic E-state index is -0.317. The average molecular weight is 177 g/mol. The van der Waals surface area contributed by atoms with E-state index in [2.05, 4.69) is 15.2 Å². The lowest BCUT2D eigenvalue weighted by Gasteiger charge is -2.12. The number of nitrogens with zero attached hydrogens (tertiary/aromatic N) is 3. The van der Waals surface area contributed by atoms with Gasteiger partial charge in [0.2, 0.25) is 0 Å². The first-order valence-corrected chi connectivity index (χ1v) is 3.79. The lowest BCUT2D eigenvalue weighted by molar-refractivity contribution is -0.113. The van der Waals surface area contributed by atoms with Crippen LogP contribution in [0, 0.1) is 0 Å². The van der Waals surface area contributed by atoms with E-state index in [0.29, 0.717) is 5.71 Å². The molecule has 0 aromatic heterocycles. The number of dihydropyridines is 1. The van der Waals surface area contributed by atoms with Crippen molar-refractivity contribution < 1.29 is 9.90 Å². The molecule has 1 N–H and O–H groups in total.